The van der Waals surface area contributed by atoms with Crippen molar-refractivity contribution in [2.75, 3.05) is 7.05 Å². The Balaban J connectivity index is 2.31. The van der Waals surface area contributed by atoms with Gasteiger partial charge in [-0.2, -0.15) is 0 Å². The molecule has 20 heavy (non-hydrogen) atoms. The summed E-state index contributed by atoms with van der Waals surface area (Å²) in [4.78, 5) is 18.0. The summed E-state index contributed by atoms with van der Waals surface area (Å²) in [6.45, 7) is 1.69. The summed E-state index contributed by atoms with van der Waals surface area (Å²) in [5.41, 5.74) is 6.88. The number of pyridine rings is 1. The van der Waals surface area contributed by atoms with Crippen LogP contribution < -0.4 is 5.73 Å². The Morgan fingerprint density at radius 1 is 1.45 bits per heavy atom. The molecule has 0 fully saturated rings. The number of carbonyl (C=O) groups is 1. The number of fused-ring (bicyclic) bond motifs is 1. The van der Waals surface area contributed by atoms with Gasteiger partial charge in [-0.3, -0.25) is 9.78 Å². The molecule has 0 saturated carbocycles. The van der Waals surface area contributed by atoms with E-state index < -0.39 is 6.04 Å². The fraction of sp³-hybridized carbons (Fsp3) is 0.214. The Kier molecular flexibility index (Phi) is 3.84. The predicted molar refractivity (Wildman–Crippen MR) is 76.7 cm³/mol. The Morgan fingerprint density at radius 3 is 2.90 bits per heavy atom. The van der Waals surface area contributed by atoms with Crippen LogP contribution in [0, 0.1) is 0 Å². The molecular weight excluding hydrogens is 256 g/mol. The van der Waals surface area contributed by atoms with Gasteiger partial charge in [-0.1, -0.05) is 11.2 Å². The van der Waals surface area contributed by atoms with Gasteiger partial charge in [0.2, 0.25) is 0 Å². The molecule has 0 saturated heterocycles. The third kappa shape index (κ3) is 2.54. The molecule has 6 heteroatoms. The molecule has 0 radical (unpaired) electrons. The molecule has 1 amide bonds. The molecule has 1 aromatic carbocycles. The zero-order chi connectivity index (χ0) is 14.7. The molecule has 104 valence electrons. The number of likely N-dealkylation sites (N-methyl/N-ethyl adjacent to an activating group) is 1. The quantitative estimate of drug-likeness (QED) is 0.383. The van der Waals surface area contributed by atoms with E-state index in [4.69, 9.17) is 10.9 Å². The lowest BCUT2D eigenvalue weighted by molar-refractivity contribution is 0.0776. The lowest BCUT2D eigenvalue weighted by Gasteiger charge is -2.23. The van der Waals surface area contributed by atoms with Gasteiger partial charge in [0, 0.05) is 24.2 Å². The highest BCUT2D eigenvalue weighted by Crippen LogP contribution is 2.15. The first-order valence-corrected chi connectivity index (χ1v) is 6.14. The minimum Gasteiger partial charge on any atom is -0.409 e. The van der Waals surface area contributed by atoms with Gasteiger partial charge in [-0.25, -0.2) is 0 Å². The van der Waals surface area contributed by atoms with Crippen molar-refractivity contribution in [1.82, 2.24) is 9.88 Å². The van der Waals surface area contributed by atoms with Crippen LogP contribution in [0.25, 0.3) is 10.9 Å². The highest BCUT2D eigenvalue weighted by molar-refractivity contribution is 6.00. The van der Waals surface area contributed by atoms with Crippen LogP contribution in [0.2, 0.25) is 0 Å². The average molecular weight is 272 g/mol. The fourth-order valence-corrected chi connectivity index (χ4v) is 1.87. The molecule has 0 aliphatic carbocycles. The monoisotopic (exact) mass is 272 g/mol. The number of nitrogens with two attached hydrogens (primary N) is 1. The van der Waals surface area contributed by atoms with Gasteiger partial charge in [0.15, 0.2) is 5.84 Å². The topological polar surface area (TPSA) is 91.8 Å². The molecule has 1 aromatic heterocycles. The molecule has 3 N–H and O–H groups in total. The summed E-state index contributed by atoms with van der Waals surface area (Å²) in [7, 11) is 1.61. The van der Waals surface area contributed by atoms with Crippen LogP contribution in [0.15, 0.2) is 41.7 Å². The maximum Gasteiger partial charge on any atom is 0.254 e. The molecule has 0 aliphatic rings. The average Bonchev–Trinajstić information content (AvgIpc) is 2.51. The standard InChI is InChI=1S/C14H16N4O2/c1-9(13(15)17-20)18(2)14(19)11-5-6-12-10(8-11)4-3-7-16-12/h3-9,20H,1-2H3,(H2,15,17). The molecule has 0 spiro atoms. The van der Waals surface area contributed by atoms with Crippen LogP contribution in [0.3, 0.4) is 0 Å². The zero-order valence-corrected chi connectivity index (χ0v) is 11.3. The molecule has 2 rings (SSSR count). The fourth-order valence-electron chi connectivity index (χ4n) is 1.87. The smallest absolute Gasteiger partial charge is 0.254 e. The van der Waals surface area contributed by atoms with Crippen molar-refractivity contribution in [2.45, 2.75) is 13.0 Å². The predicted octanol–water partition coefficient (Wildman–Crippen LogP) is 1.44. The van der Waals surface area contributed by atoms with Crippen LogP contribution in [0.1, 0.15) is 17.3 Å². The highest BCUT2D eigenvalue weighted by Gasteiger charge is 2.20. The van der Waals surface area contributed by atoms with Gasteiger partial charge in [0.1, 0.15) is 0 Å². The first kappa shape index (κ1) is 13.8. The molecule has 2 aromatic rings. The first-order valence-electron chi connectivity index (χ1n) is 6.14. The second-order valence-electron chi connectivity index (χ2n) is 4.53. The number of oxime groups is 1. The number of hydrogen-bond donors (Lipinski definition) is 2. The number of benzene rings is 1. The van der Waals surface area contributed by atoms with Crippen molar-refractivity contribution in [1.29, 1.82) is 0 Å². The SMILES string of the molecule is CC(C(N)=NO)N(C)C(=O)c1ccc2ncccc2c1. The van der Waals surface area contributed by atoms with E-state index in [1.54, 1.807) is 38.4 Å². The van der Waals surface area contributed by atoms with Crippen molar-refractivity contribution < 1.29 is 10.0 Å². The van der Waals surface area contributed by atoms with Crippen molar-refractivity contribution in [3.63, 3.8) is 0 Å². The largest absolute Gasteiger partial charge is 0.409 e. The summed E-state index contributed by atoms with van der Waals surface area (Å²) in [6.07, 6.45) is 1.70. The summed E-state index contributed by atoms with van der Waals surface area (Å²) in [5, 5.41) is 12.5. The number of nitrogens with zero attached hydrogens (tertiary/aromatic N) is 3. The van der Waals surface area contributed by atoms with Crippen LogP contribution in [-0.4, -0.2) is 39.9 Å². The van der Waals surface area contributed by atoms with Crippen molar-refractivity contribution in [2.24, 2.45) is 10.9 Å². The van der Waals surface area contributed by atoms with Crippen molar-refractivity contribution in [3.05, 3.63) is 42.1 Å². The third-order valence-electron chi connectivity index (χ3n) is 3.29. The maximum atomic E-state index is 12.4. The number of carbonyl (C=O) groups excluding carboxylic acids is 1. The van der Waals surface area contributed by atoms with E-state index in [9.17, 15) is 4.79 Å². The third-order valence-corrected chi connectivity index (χ3v) is 3.29. The van der Waals surface area contributed by atoms with Crippen LogP contribution >= 0.6 is 0 Å². The molecule has 0 bridgehead atoms. The van der Waals surface area contributed by atoms with E-state index in [1.807, 2.05) is 12.1 Å². The second kappa shape index (κ2) is 5.56. The van der Waals surface area contributed by atoms with Gasteiger partial charge < -0.3 is 15.8 Å². The first-order chi connectivity index (χ1) is 9.54. The van der Waals surface area contributed by atoms with Gasteiger partial charge in [0.05, 0.1) is 11.6 Å². The van der Waals surface area contributed by atoms with Crippen LogP contribution in [-0.2, 0) is 0 Å². The Morgan fingerprint density at radius 2 is 2.20 bits per heavy atom. The normalized spacial score (nSPS) is 13.2. The summed E-state index contributed by atoms with van der Waals surface area (Å²) in [6, 6.07) is 8.51. The summed E-state index contributed by atoms with van der Waals surface area (Å²) < 4.78 is 0. The van der Waals surface area contributed by atoms with Gasteiger partial charge >= 0.3 is 0 Å². The van der Waals surface area contributed by atoms with E-state index >= 15 is 0 Å². The van der Waals surface area contributed by atoms with Crippen molar-refractivity contribution in [3.8, 4) is 0 Å². The Hall–Kier alpha value is -2.63. The van der Waals surface area contributed by atoms with Crippen molar-refractivity contribution >= 4 is 22.6 Å². The number of aromatic nitrogens is 1. The van der Waals surface area contributed by atoms with E-state index in [0.29, 0.717) is 5.56 Å². The maximum absolute atomic E-state index is 12.4. The lowest BCUT2D eigenvalue weighted by Crippen LogP contribution is -2.43. The number of amidine groups is 1. The molecular formula is C14H16N4O2. The van der Waals surface area contributed by atoms with Gasteiger partial charge in [0.25, 0.3) is 5.91 Å². The van der Waals surface area contributed by atoms with E-state index in [1.165, 1.54) is 4.90 Å². The van der Waals surface area contributed by atoms with Crippen LogP contribution in [0.4, 0.5) is 0 Å². The molecule has 1 atom stereocenters. The van der Waals surface area contributed by atoms with E-state index in [-0.39, 0.29) is 11.7 Å². The number of amides is 1. The lowest BCUT2D eigenvalue weighted by atomic mass is 10.1. The number of rotatable bonds is 3. The summed E-state index contributed by atoms with van der Waals surface area (Å²) >= 11 is 0. The second-order valence-corrected chi connectivity index (χ2v) is 4.53. The van der Waals surface area contributed by atoms with E-state index in [0.717, 1.165) is 10.9 Å². The summed E-state index contributed by atoms with van der Waals surface area (Å²) in [5.74, 6) is -0.210. The minimum absolute atomic E-state index is 0.0108. The Labute approximate surface area is 116 Å². The van der Waals surface area contributed by atoms with Gasteiger partial charge in [-0.05, 0) is 31.2 Å². The highest BCUT2D eigenvalue weighted by atomic mass is 16.4. The van der Waals surface area contributed by atoms with Gasteiger partial charge in [-0.15, -0.1) is 0 Å². The molecule has 0 aliphatic heterocycles. The number of hydrogen-bond acceptors (Lipinski definition) is 4. The molecule has 6 nitrogen and oxygen atoms in total. The Bertz CT molecular complexity index is 669. The zero-order valence-electron chi connectivity index (χ0n) is 11.3. The van der Waals surface area contributed by atoms with Crippen LogP contribution in [0.5, 0.6) is 0 Å². The molecule has 1 heterocycles. The van der Waals surface area contributed by atoms with E-state index in [2.05, 4.69) is 10.1 Å². The molecule has 1 unspecified atom stereocenters. The minimum atomic E-state index is -0.489.